The number of nitrogens with zero attached hydrogens (tertiary/aromatic N) is 1. The van der Waals surface area contributed by atoms with E-state index in [-0.39, 0.29) is 21.2 Å². The fourth-order valence-corrected chi connectivity index (χ4v) is 4.23. The van der Waals surface area contributed by atoms with Crippen molar-refractivity contribution in [3.63, 3.8) is 0 Å². The van der Waals surface area contributed by atoms with Gasteiger partial charge in [0.2, 0.25) is 0 Å². The molecule has 0 saturated heterocycles. The molecule has 4 rings (SSSR count). The van der Waals surface area contributed by atoms with Gasteiger partial charge >= 0.3 is 0 Å². The summed E-state index contributed by atoms with van der Waals surface area (Å²) in [6, 6.07) is 13.9. The molecule has 2 heterocycles. The van der Waals surface area contributed by atoms with Crippen molar-refractivity contribution in [3.8, 4) is 0 Å². The van der Waals surface area contributed by atoms with Crippen molar-refractivity contribution in [1.82, 2.24) is 0 Å². The molecule has 0 spiro atoms. The van der Waals surface area contributed by atoms with Gasteiger partial charge in [0.25, 0.3) is 11.8 Å². The molecule has 0 N–H and O–H groups in total. The Morgan fingerprint density at radius 1 is 1.00 bits per heavy atom. The van der Waals surface area contributed by atoms with Crippen molar-refractivity contribution in [1.29, 1.82) is 0 Å². The van der Waals surface area contributed by atoms with E-state index in [9.17, 15) is 14.0 Å². The van der Waals surface area contributed by atoms with Gasteiger partial charge < -0.3 is 4.42 Å². The van der Waals surface area contributed by atoms with Crippen molar-refractivity contribution < 1.29 is 18.4 Å². The van der Waals surface area contributed by atoms with Gasteiger partial charge in [-0.05, 0) is 48.0 Å². The molecule has 0 saturated carbocycles. The monoisotopic (exact) mass is 447 g/mol. The summed E-state index contributed by atoms with van der Waals surface area (Å²) in [7, 11) is 0. The molecule has 0 unspecified atom stereocenters. The van der Waals surface area contributed by atoms with Crippen LogP contribution in [-0.2, 0) is 15.3 Å². The number of furan rings is 1. The molecule has 1 aliphatic rings. The predicted molar refractivity (Wildman–Crippen MR) is 112 cm³/mol. The molecule has 29 heavy (non-hydrogen) atoms. The average molecular weight is 448 g/mol. The molecule has 0 fully saturated rings. The third kappa shape index (κ3) is 3.83. The maximum Gasteiger partial charge on any atom is 0.272 e. The van der Waals surface area contributed by atoms with E-state index < -0.39 is 17.6 Å². The second-order valence-corrected chi connectivity index (χ2v) is 7.95. The minimum absolute atomic E-state index is 0.173. The number of hydrogen-bond donors (Lipinski definition) is 0. The van der Waals surface area contributed by atoms with Crippen molar-refractivity contribution >= 4 is 58.0 Å². The van der Waals surface area contributed by atoms with E-state index in [0.717, 1.165) is 11.0 Å². The number of imide groups is 1. The van der Waals surface area contributed by atoms with E-state index in [1.165, 1.54) is 23.9 Å². The zero-order chi connectivity index (χ0) is 20.5. The second kappa shape index (κ2) is 8.06. The number of halogens is 3. The Labute approximate surface area is 179 Å². The van der Waals surface area contributed by atoms with Crippen LogP contribution in [0.4, 0.5) is 10.1 Å². The lowest BCUT2D eigenvalue weighted by Crippen LogP contribution is -2.31. The third-order valence-electron chi connectivity index (χ3n) is 4.27. The first kappa shape index (κ1) is 19.8. The fraction of sp³-hybridized carbons (Fsp3) is 0.0476. The number of thioether (sulfide) groups is 1. The van der Waals surface area contributed by atoms with Crippen LogP contribution in [0.25, 0.3) is 5.57 Å². The van der Waals surface area contributed by atoms with E-state index in [2.05, 4.69) is 0 Å². The second-order valence-electron chi connectivity index (χ2n) is 6.12. The number of hydrogen-bond acceptors (Lipinski definition) is 4. The fourth-order valence-electron chi connectivity index (χ4n) is 2.91. The van der Waals surface area contributed by atoms with E-state index >= 15 is 0 Å². The first-order valence-electron chi connectivity index (χ1n) is 8.45. The average Bonchev–Trinajstić information content (AvgIpc) is 3.30. The molecule has 0 bridgehead atoms. The highest BCUT2D eigenvalue weighted by Crippen LogP contribution is 2.40. The van der Waals surface area contributed by atoms with Crippen LogP contribution in [-0.4, -0.2) is 11.8 Å². The van der Waals surface area contributed by atoms with Gasteiger partial charge in [-0.2, -0.15) is 0 Å². The van der Waals surface area contributed by atoms with Crippen molar-refractivity contribution in [2.24, 2.45) is 0 Å². The summed E-state index contributed by atoms with van der Waals surface area (Å²) >= 11 is 13.0. The summed E-state index contributed by atoms with van der Waals surface area (Å²) in [5.41, 5.74) is 1.01. The number of rotatable bonds is 5. The first-order valence-corrected chi connectivity index (χ1v) is 10.2. The molecular weight excluding hydrogens is 436 g/mol. The Morgan fingerprint density at radius 3 is 2.41 bits per heavy atom. The van der Waals surface area contributed by atoms with Gasteiger partial charge in [0.05, 0.1) is 33.2 Å². The molecule has 0 atom stereocenters. The highest BCUT2D eigenvalue weighted by atomic mass is 35.5. The number of benzene rings is 2. The zero-order valence-corrected chi connectivity index (χ0v) is 17.0. The van der Waals surface area contributed by atoms with Crippen LogP contribution in [0.1, 0.15) is 11.3 Å². The molecule has 146 valence electrons. The topological polar surface area (TPSA) is 50.5 Å². The molecule has 4 nitrogen and oxygen atoms in total. The van der Waals surface area contributed by atoms with Crippen molar-refractivity contribution in [3.05, 3.63) is 93.0 Å². The zero-order valence-electron chi connectivity index (χ0n) is 14.7. The number of carbonyl (C=O) groups is 2. The summed E-state index contributed by atoms with van der Waals surface area (Å²) < 4.78 is 18.9. The smallest absolute Gasteiger partial charge is 0.272 e. The normalized spacial score (nSPS) is 14.2. The Bertz CT molecular complexity index is 1130. The highest BCUT2D eigenvalue weighted by Gasteiger charge is 2.40. The molecule has 1 aliphatic heterocycles. The van der Waals surface area contributed by atoms with Gasteiger partial charge in [-0.15, -0.1) is 11.8 Å². The Hall–Kier alpha value is -2.54. The summed E-state index contributed by atoms with van der Waals surface area (Å²) in [5, 5.41) is 0.339. The lowest BCUT2D eigenvalue weighted by molar-refractivity contribution is -0.119. The summed E-state index contributed by atoms with van der Waals surface area (Å²) in [6.07, 6.45) is 1.54. The maximum absolute atomic E-state index is 13.6. The Morgan fingerprint density at radius 2 is 1.76 bits per heavy atom. The van der Waals surface area contributed by atoms with Crippen LogP contribution in [0.2, 0.25) is 10.0 Å². The van der Waals surface area contributed by atoms with Gasteiger partial charge in [0, 0.05) is 5.02 Å². The maximum atomic E-state index is 13.6. The van der Waals surface area contributed by atoms with Gasteiger partial charge in [0.15, 0.2) is 0 Å². The van der Waals surface area contributed by atoms with Gasteiger partial charge in [0.1, 0.15) is 11.6 Å². The first-order chi connectivity index (χ1) is 14.0. The van der Waals surface area contributed by atoms with Crippen molar-refractivity contribution in [2.45, 2.75) is 5.75 Å². The standard InChI is InChI=1S/C21H12Cl2FNO3S/c22-13-5-3-12(4-6-13)18-19(29-11-15-2-1-9-28-15)21(27)25(20(18)26)14-7-8-17(24)16(23)10-14/h1-10H,11H2. The van der Waals surface area contributed by atoms with Crippen molar-refractivity contribution in [2.75, 3.05) is 4.90 Å². The number of carbonyl (C=O) groups excluding carboxylic acids is 2. The van der Waals surface area contributed by atoms with E-state index in [1.54, 1.807) is 42.7 Å². The number of amides is 2. The minimum Gasteiger partial charge on any atom is -0.468 e. The molecule has 3 aromatic rings. The molecule has 0 radical (unpaired) electrons. The molecule has 8 heteroatoms. The molecule has 0 aliphatic carbocycles. The Kier molecular flexibility index (Phi) is 5.50. The quantitative estimate of drug-likeness (QED) is 0.453. The minimum atomic E-state index is -0.632. The summed E-state index contributed by atoms with van der Waals surface area (Å²) in [4.78, 5) is 27.6. The summed E-state index contributed by atoms with van der Waals surface area (Å²) in [5.74, 6) is -0.605. The molecule has 2 amide bonds. The molecular formula is C21H12Cl2FNO3S. The highest BCUT2D eigenvalue weighted by molar-refractivity contribution is 8.03. The van der Waals surface area contributed by atoms with E-state index in [4.69, 9.17) is 27.6 Å². The van der Waals surface area contributed by atoms with Crippen LogP contribution in [0.3, 0.4) is 0 Å². The lowest BCUT2D eigenvalue weighted by atomic mass is 10.1. The molecule has 1 aromatic heterocycles. The Balaban J connectivity index is 1.76. The van der Waals surface area contributed by atoms with E-state index in [0.29, 0.717) is 22.1 Å². The van der Waals surface area contributed by atoms with Crippen LogP contribution >= 0.6 is 35.0 Å². The van der Waals surface area contributed by atoms with Crippen LogP contribution in [0.5, 0.6) is 0 Å². The number of anilines is 1. The largest absolute Gasteiger partial charge is 0.468 e. The SMILES string of the molecule is O=C1C(SCc2ccco2)=C(c2ccc(Cl)cc2)C(=O)N1c1ccc(F)c(Cl)c1. The van der Waals surface area contributed by atoms with Gasteiger partial charge in [-0.3, -0.25) is 9.59 Å². The third-order valence-corrected chi connectivity index (χ3v) is 5.91. The summed E-state index contributed by atoms with van der Waals surface area (Å²) in [6.45, 7) is 0. The van der Waals surface area contributed by atoms with Crippen LogP contribution in [0.15, 0.2) is 70.2 Å². The van der Waals surface area contributed by atoms with Crippen LogP contribution in [0, 0.1) is 5.82 Å². The van der Waals surface area contributed by atoms with Crippen LogP contribution < -0.4 is 4.90 Å². The molecule has 2 aromatic carbocycles. The predicted octanol–water partition coefficient (Wildman–Crippen LogP) is 5.94. The van der Waals surface area contributed by atoms with Gasteiger partial charge in [-0.1, -0.05) is 35.3 Å². The van der Waals surface area contributed by atoms with Gasteiger partial charge in [-0.25, -0.2) is 9.29 Å². The van der Waals surface area contributed by atoms with E-state index in [1.807, 2.05) is 0 Å². The lowest BCUT2D eigenvalue weighted by Gasteiger charge is -2.15.